The monoisotopic (exact) mass is 263 g/mol. The van der Waals surface area contributed by atoms with E-state index in [1.807, 2.05) is 48.5 Å². The van der Waals surface area contributed by atoms with Crippen molar-refractivity contribution in [1.82, 2.24) is 9.97 Å². The molecule has 0 amide bonds. The molecule has 0 spiro atoms. The first-order valence-corrected chi connectivity index (χ1v) is 6.52. The van der Waals surface area contributed by atoms with E-state index in [-0.39, 0.29) is 0 Å². The molecule has 4 heteroatoms. The maximum absolute atomic E-state index is 5.83. The normalized spacial score (nSPS) is 11.4. The molecule has 3 N–H and O–H groups in total. The summed E-state index contributed by atoms with van der Waals surface area (Å²) in [4.78, 5) is 7.91. The van der Waals surface area contributed by atoms with Crippen LogP contribution in [0, 0.1) is 0 Å². The van der Waals surface area contributed by atoms with Crippen LogP contribution in [0.2, 0.25) is 0 Å². The minimum absolute atomic E-state index is 0.474. The Morgan fingerprint density at radius 3 is 2.85 bits per heavy atom. The van der Waals surface area contributed by atoms with Gasteiger partial charge in [0.15, 0.2) is 11.6 Å². The van der Waals surface area contributed by atoms with Gasteiger partial charge in [-0.25, -0.2) is 4.98 Å². The van der Waals surface area contributed by atoms with Crippen molar-refractivity contribution in [1.29, 1.82) is 0 Å². The number of hydrogen-bond acceptors (Lipinski definition) is 3. The van der Waals surface area contributed by atoms with Crippen LogP contribution in [0.15, 0.2) is 52.9 Å². The molecule has 0 aliphatic heterocycles. The zero-order chi connectivity index (χ0) is 13.5. The van der Waals surface area contributed by atoms with Crippen molar-refractivity contribution in [3.63, 3.8) is 0 Å². The van der Waals surface area contributed by atoms with Crippen molar-refractivity contribution in [3.8, 4) is 11.6 Å². The van der Waals surface area contributed by atoms with Crippen LogP contribution in [0.5, 0.6) is 0 Å². The first-order chi connectivity index (χ1) is 9.85. The van der Waals surface area contributed by atoms with E-state index in [4.69, 9.17) is 10.2 Å². The molecule has 0 bridgehead atoms. The van der Waals surface area contributed by atoms with Gasteiger partial charge in [0.25, 0.3) is 0 Å². The van der Waals surface area contributed by atoms with E-state index in [1.165, 1.54) is 0 Å². The zero-order valence-electron chi connectivity index (χ0n) is 10.8. The molecule has 0 aliphatic rings. The maximum Gasteiger partial charge on any atom is 0.174 e. The number of fused-ring (bicyclic) bond motifs is 2. The van der Waals surface area contributed by atoms with Crippen LogP contribution in [0.3, 0.4) is 0 Å². The van der Waals surface area contributed by atoms with E-state index in [0.29, 0.717) is 6.54 Å². The highest BCUT2D eigenvalue weighted by atomic mass is 16.3. The van der Waals surface area contributed by atoms with E-state index >= 15 is 0 Å². The lowest BCUT2D eigenvalue weighted by atomic mass is 10.2. The first kappa shape index (κ1) is 11.3. The number of hydrogen-bond donors (Lipinski definition) is 2. The smallest absolute Gasteiger partial charge is 0.174 e. The Labute approximate surface area is 115 Å². The fourth-order valence-electron chi connectivity index (χ4n) is 2.47. The molecule has 0 saturated carbocycles. The van der Waals surface area contributed by atoms with Crippen LogP contribution in [0.4, 0.5) is 0 Å². The summed E-state index contributed by atoms with van der Waals surface area (Å²) in [7, 11) is 0. The van der Waals surface area contributed by atoms with Crippen molar-refractivity contribution in [3.05, 3.63) is 54.1 Å². The average molecular weight is 263 g/mol. The number of nitrogens with one attached hydrogen (secondary N) is 1. The lowest BCUT2D eigenvalue weighted by Crippen LogP contribution is -1.96. The second-order valence-corrected chi connectivity index (χ2v) is 4.75. The van der Waals surface area contributed by atoms with E-state index in [2.05, 4.69) is 9.97 Å². The van der Waals surface area contributed by atoms with Gasteiger partial charge in [0.1, 0.15) is 5.58 Å². The highest BCUT2D eigenvalue weighted by Crippen LogP contribution is 2.28. The Balaban J connectivity index is 1.93. The van der Waals surface area contributed by atoms with Crippen molar-refractivity contribution in [2.45, 2.75) is 6.54 Å². The lowest BCUT2D eigenvalue weighted by Gasteiger charge is -1.95. The van der Waals surface area contributed by atoms with Crippen molar-refractivity contribution < 1.29 is 4.42 Å². The molecule has 2 aromatic heterocycles. The molecule has 2 aromatic carbocycles. The van der Waals surface area contributed by atoms with Crippen LogP contribution < -0.4 is 5.73 Å². The standard InChI is InChI=1S/C16H13N3O/c17-9-11-5-3-6-12-15(11)19-16(18-12)14-8-10-4-1-2-7-13(10)20-14/h1-8H,9,17H2,(H,18,19). The molecule has 0 unspecified atom stereocenters. The number of para-hydroxylation sites is 2. The molecule has 98 valence electrons. The van der Waals surface area contributed by atoms with Gasteiger partial charge in [0, 0.05) is 11.9 Å². The van der Waals surface area contributed by atoms with Gasteiger partial charge in [0.05, 0.1) is 11.0 Å². The number of aromatic nitrogens is 2. The molecule has 20 heavy (non-hydrogen) atoms. The molecule has 0 atom stereocenters. The Morgan fingerprint density at radius 2 is 2.00 bits per heavy atom. The maximum atomic E-state index is 5.83. The largest absolute Gasteiger partial charge is 0.453 e. The summed E-state index contributed by atoms with van der Waals surface area (Å²) >= 11 is 0. The summed E-state index contributed by atoms with van der Waals surface area (Å²) in [5.41, 5.74) is 9.52. The van der Waals surface area contributed by atoms with Crippen LogP contribution >= 0.6 is 0 Å². The zero-order valence-corrected chi connectivity index (χ0v) is 10.8. The Kier molecular flexibility index (Phi) is 2.37. The van der Waals surface area contributed by atoms with Gasteiger partial charge in [-0.05, 0) is 23.8 Å². The molecule has 0 saturated heterocycles. The third-order valence-corrected chi connectivity index (χ3v) is 3.48. The summed E-state index contributed by atoms with van der Waals surface area (Å²) in [6.07, 6.45) is 0. The number of H-pyrrole nitrogens is 1. The third-order valence-electron chi connectivity index (χ3n) is 3.48. The van der Waals surface area contributed by atoms with Crippen LogP contribution in [0.1, 0.15) is 5.56 Å². The quantitative estimate of drug-likeness (QED) is 0.582. The number of rotatable bonds is 2. The highest BCUT2D eigenvalue weighted by molar-refractivity contribution is 5.85. The van der Waals surface area contributed by atoms with Crippen LogP contribution in [-0.4, -0.2) is 9.97 Å². The summed E-state index contributed by atoms with van der Waals surface area (Å²) in [5, 5.41) is 1.07. The van der Waals surface area contributed by atoms with Crippen molar-refractivity contribution in [2.75, 3.05) is 0 Å². The second kappa shape index (κ2) is 4.21. The predicted octanol–water partition coefficient (Wildman–Crippen LogP) is 3.43. The minimum Gasteiger partial charge on any atom is -0.453 e. The molecule has 4 aromatic rings. The molecule has 0 radical (unpaired) electrons. The summed E-state index contributed by atoms with van der Waals surface area (Å²) in [6.45, 7) is 0.474. The topological polar surface area (TPSA) is 67.8 Å². The Hall–Kier alpha value is -2.59. The van der Waals surface area contributed by atoms with Gasteiger partial charge in [-0.3, -0.25) is 0 Å². The van der Waals surface area contributed by atoms with Crippen LogP contribution in [0.25, 0.3) is 33.6 Å². The second-order valence-electron chi connectivity index (χ2n) is 4.75. The number of benzene rings is 2. The molecule has 2 heterocycles. The van der Waals surface area contributed by atoms with E-state index in [1.54, 1.807) is 0 Å². The summed E-state index contributed by atoms with van der Waals surface area (Å²) in [5.74, 6) is 1.47. The van der Waals surface area contributed by atoms with E-state index < -0.39 is 0 Å². The molecular weight excluding hydrogens is 250 g/mol. The average Bonchev–Trinajstić information content (AvgIpc) is 3.09. The van der Waals surface area contributed by atoms with Gasteiger partial charge >= 0.3 is 0 Å². The number of imidazole rings is 1. The number of nitrogens with zero attached hydrogens (tertiary/aromatic N) is 1. The van der Waals surface area contributed by atoms with Gasteiger partial charge < -0.3 is 15.1 Å². The Bertz CT molecular complexity index is 871. The van der Waals surface area contributed by atoms with Gasteiger partial charge in [-0.15, -0.1) is 0 Å². The predicted molar refractivity (Wildman–Crippen MR) is 79.2 cm³/mol. The minimum atomic E-state index is 0.474. The SMILES string of the molecule is NCc1cccc2[nH]c(-c3cc4ccccc4o3)nc12. The van der Waals surface area contributed by atoms with E-state index in [0.717, 1.165) is 39.2 Å². The molecule has 4 nitrogen and oxygen atoms in total. The summed E-state index contributed by atoms with van der Waals surface area (Å²) in [6, 6.07) is 15.9. The van der Waals surface area contributed by atoms with E-state index in [9.17, 15) is 0 Å². The fraction of sp³-hybridized carbons (Fsp3) is 0.0625. The highest BCUT2D eigenvalue weighted by Gasteiger charge is 2.12. The fourth-order valence-corrected chi connectivity index (χ4v) is 2.47. The van der Waals surface area contributed by atoms with Gasteiger partial charge in [-0.2, -0.15) is 0 Å². The third kappa shape index (κ3) is 1.62. The summed E-state index contributed by atoms with van der Waals surface area (Å²) < 4.78 is 5.83. The number of nitrogens with two attached hydrogens (primary N) is 1. The number of aromatic amines is 1. The Morgan fingerprint density at radius 1 is 1.10 bits per heavy atom. The molecular formula is C16H13N3O. The molecule has 4 rings (SSSR count). The van der Waals surface area contributed by atoms with Crippen molar-refractivity contribution >= 4 is 22.0 Å². The van der Waals surface area contributed by atoms with Gasteiger partial charge in [0.2, 0.25) is 0 Å². The lowest BCUT2D eigenvalue weighted by molar-refractivity contribution is 0.626. The molecule has 0 aliphatic carbocycles. The van der Waals surface area contributed by atoms with Crippen LogP contribution in [-0.2, 0) is 6.54 Å². The molecule has 0 fully saturated rings. The van der Waals surface area contributed by atoms with Crippen molar-refractivity contribution in [2.24, 2.45) is 5.73 Å². The van der Waals surface area contributed by atoms with Gasteiger partial charge in [-0.1, -0.05) is 30.3 Å². The number of furan rings is 1. The first-order valence-electron chi connectivity index (χ1n) is 6.52.